The van der Waals surface area contributed by atoms with E-state index in [-0.39, 0.29) is 5.91 Å². The summed E-state index contributed by atoms with van der Waals surface area (Å²) in [7, 11) is 1.64. The number of rotatable bonds is 10. The number of nitrogens with one attached hydrogen (secondary N) is 2. The van der Waals surface area contributed by atoms with Crippen molar-refractivity contribution in [3.05, 3.63) is 0 Å². The molecule has 0 aromatic rings. The second kappa shape index (κ2) is 13.9. The number of carboxylic acid groups (broad SMARTS) is 2. The predicted molar refractivity (Wildman–Crippen MR) is 101 cm³/mol. The van der Waals surface area contributed by atoms with Crippen LogP contribution in [0.1, 0.15) is 46.5 Å². The van der Waals surface area contributed by atoms with Crippen molar-refractivity contribution < 1.29 is 24.6 Å². The minimum absolute atomic E-state index is 0.338. The molecule has 0 aliphatic carbocycles. The van der Waals surface area contributed by atoms with Gasteiger partial charge in [0.2, 0.25) is 5.91 Å². The third-order valence-corrected chi connectivity index (χ3v) is 3.30. The first-order chi connectivity index (χ1) is 11.0. The smallest absolute Gasteiger partial charge is 0.326 e. The Morgan fingerprint density at radius 2 is 1.25 bits per heavy atom. The lowest BCUT2D eigenvalue weighted by atomic mass is 10.1. The first-order valence-electron chi connectivity index (χ1n) is 7.40. The third kappa shape index (κ3) is 15.4. The van der Waals surface area contributed by atoms with E-state index in [0.717, 1.165) is 9.73 Å². The molecule has 0 bridgehead atoms. The molecule has 0 radical (unpaired) electrons. The summed E-state index contributed by atoms with van der Waals surface area (Å²) in [5, 5.41) is 22.3. The highest BCUT2D eigenvalue weighted by Gasteiger charge is 2.17. The zero-order valence-corrected chi connectivity index (χ0v) is 16.1. The first-order valence-corrected chi connectivity index (χ1v) is 8.21. The highest BCUT2D eigenvalue weighted by Crippen LogP contribution is 2.00. The Labute approximate surface area is 153 Å². The standard InChI is InChI=1S/C8H13NO3S.C7H13NO2S/c1-5(13)3-4-7(8(11)12)9-6(2)10;1-5(11)3-4-6(8-2)7(9)10/h7H,3-4H2,1-2H3,(H,9,10)(H,11,12);6,8H,3-4H2,1-2H3,(H,9,10). The predicted octanol–water partition coefficient (Wildman–Crippen LogP) is 1.57. The number of aliphatic carboxylic acids is 2. The topological polar surface area (TPSA) is 116 Å². The lowest BCUT2D eigenvalue weighted by Gasteiger charge is -2.12. The van der Waals surface area contributed by atoms with Gasteiger partial charge in [0.05, 0.1) is 0 Å². The molecule has 4 N–H and O–H groups in total. The molecular formula is C15H26N2O5S2. The summed E-state index contributed by atoms with van der Waals surface area (Å²) in [6.07, 6.45) is 2.14. The number of carboxylic acids is 2. The molecule has 0 aliphatic heterocycles. The average Bonchev–Trinajstić information content (AvgIpc) is 2.43. The first kappa shape index (κ1) is 24.8. The summed E-state index contributed by atoms with van der Waals surface area (Å²) in [5.74, 6) is -2.18. The van der Waals surface area contributed by atoms with Crippen LogP contribution in [0.4, 0.5) is 0 Å². The van der Waals surface area contributed by atoms with Crippen molar-refractivity contribution >= 4 is 52.0 Å². The molecule has 24 heavy (non-hydrogen) atoms. The molecule has 0 fully saturated rings. The largest absolute Gasteiger partial charge is 0.480 e. The summed E-state index contributed by atoms with van der Waals surface area (Å²) >= 11 is 9.64. The Kier molecular flexibility index (Phi) is 14.4. The normalized spacial score (nSPS) is 12.2. The molecule has 0 saturated heterocycles. The van der Waals surface area contributed by atoms with Crippen LogP contribution >= 0.6 is 24.4 Å². The maximum atomic E-state index is 10.6. The minimum atomic E-state index is -1.02. The molecule has 1 amide bonds. The van der Waals surface area contributed by atoms with Gasteiger partial charge in [-0.25, -0.2) is 4.79 Å². The van der Waals surface area contributed by atoms with Gasteiger partial charge in [-0.1, -0.05) is 24.4 Å². The van der Waals surface area contributed by atoms with Gasteiger partial charge in [-0.2, -0.15) is 0 Å². The summed E-state index contributed by atoms with van der Waals surface area (Å²) in [6.45, 7) is 4.87. The molecule has 2 atom stereocenters. The fraction of sp³-hybridized carbons (Fsp3) is 0.667. The van der Waals surface area contributed by atoms with Crippen LogP contribution in [0.15, 0.2) is 0 Å². The molecular weight excluding hydrogens is 352 g/mol. The van der Waals surface area contributed by atoms with Crippen LogP contribution in [0.2, 0.25) is 0 Å². The van der Waals surface area contributed by atoms with Gasteiger partial charge < -0.3 is 20.8 Å². The molecule has 0 aliphatic rings. The van der Waals surface area contributed by atoms with Crippen LogP contribution in [-0.2, 0) is 14.4 Å². The average molecular weight is 379 g/mol. The Morgan fingerprint density at radius 1 is 0.875 bits per heavy atom. The number of hydrogen-bond acceptors (Lipinski definition) is 6. The van der Waals surface area contributed by atoms with Gasteiger partial charge in [0.1, 0.15) is 12.1 Å². The summed E-state index contributed by atoms with van der Waals surface area (Å²) in [4.78, 5) is 33.2. The van der Waals surface area contributed by atoms with E-state index in [9.17, 15) is 14.4 Å². The van der Waals surface area contributed by atoms with Crippen molar-refractivity contribution in [3.63, 3.8) is 0 Å². The Balaban J connectivity index is 0. The van der Waals surface area contributed by atoms with Crippen molar-refractivity contribution in [2.45, 2.75) is 58.5 Å². The highest BCUT2D eigenvalue weighted by molar-refractivity contribution is 7.80. The third-order valence-electron chi connectivity index (χ3n) is 2.89. The van der Waals surface area contributed by atoms with Crippen LogP contribution in [0, 0.1) is 0 Å². The second-order valence-corrected chi connectivity index (χ2v) is 6.65. The van der Waals surface area contributed by atoms with E-state index in [4.69, 9.17) is 34.6 Å². The number of carbonyl (C=O) groups excluding carboxylic acids is 1. The van der Waals surface area contributed by atoms with Gasteiger partial charge in [0.25, 0.3) is 0 Å². The molecule has 9 heteroatoms. The lowest BCUT2D eigenvalue weighted by Crippen LogP contribution is -2.39. The molecule has 2 unspecified atom stereocenters. The number of hydrogen-bond donors (Lipinski definition) is 4. The van der Waals surface area contributed by atoms with Crippen molar-refractivity contribution in [2.24, 2.45) is 0 Å². The van der Waals surface area contributed by atoms with Crippen molar-refractivity contribution in [3.8, 4) is 0 Å². The Hall–Kier alpha value is -1.45. The molecule has 0 rings (SSSR count). The van der Waals surface area contributed by atoms with Crippen LogP contribution in [0.25, 0.3) is 0 Å². The van der Waals surface area contributed by atoms with Gasteiger partial charge in [0, 0.05) is 6.92 Å². The van der Waals surface area contributed by atoms with Crippen LogP contribution in [0.5, 0.6) is 0 Å². The molecule has 138 valence electrons. The molecule has 0 heterocycles. The van der Waals surface area contributed by atoms with Gasteiger partial charge >= 0.3 is 11.9 Å². The van der Waals surface area contributed by atoms with Gasteiger partial charge in [-0.15, -0.1) is 0 Å². The SMILES string of the molecule is CC(=O)NC(CCC(C)=S)C(=O)O.CNC(CCC(C)=S)C(=O)O. The monoisotopic (exact) mass is 378 g/mol. The number of carbonyl (C=O) groups is 3. The summed E-state index contributed by atoms with van der Waals surface area (Å²) in [5.41, 5.74) is 0. The number of thiocarbonyl (C=S) groups is 2. The fourth-order valence-electron chi connectivity index (χ4n) is 1.59. The van der Waals surface area contributed by atoms with E-state index in [0.29, 0.717) is 25.7 Å². The van der Waals surface area contributed by atoms with E-state index < -0.39 is 24.0 Å². The summed E-state index contributed by atoms with van der Waals surface area (Å²) < 4.78 is 0. The van der Waals surface area contributed by atoms with Crippen LogP contribution in [0.3, 0.4) is 0 Å². The van der Waals surface area contributed by atoms with Gasteiger partial charge in [-0.05, 0) is 56.3 Å². The van der Waals surface area contributed by atoms with Crippen molar-refractivity contribution in [2.75, 3.05) is 7.05 Å². The molecule has 0 spiro atoms. The molecule has 0 aromatic heterocycles. The molecule has 7 nitrogen and oxygen atoms in total. The zero-order chi connectivity index (χ0) is 19.3. The Morgan fingerprint density at radius 3 is 1.50 bits per heavy atom. The second-order valence-electron chi connectivity index (χ2n) is 5.25. The van der Waals surface area contributed by atoms with Crippen molar-refractivity contribution in [1.29, 1.82) is 0 Å². The fourth-order valence-corrected chi connectivity index (χ4v) is 1.82. The highest BCUT2D eigenvalue weighted by atomic mass is 32.1. The molecule has 0 saturated carbocycles. The van der Waals surface area contributed by atoms with Crippen molar-refractivity contribution in [1.82, 2.24) is 10.6 Å². The summed E-state index contributed by atoms with van der Waals surface area (Å²) in [6, 6.07) is -1.29. The van der Waals surface area contributed by atoms with E-state index in [1.807, 2.05) is 6.92 Å². The van der Waals surface area contributed by atoms with E-state index in [1.54, 1.807) is 14.0 Å². The lowest BCUT2D eigenvalue weighted by molar-refractivity contribution is -0.141. The Bertz CT molecular complexity index is 469. The van der Waals surface area contributed by atoms with E-state index in [2.05, 4.69) is 10.6 Å². The molecule has 0 aromatic carbocycles. The van der Waals surface area contributed by atoms with Crippen LogP contribution in [-0.4, -0.2) is 56.9 Å². The van der Waals surface area contributed by atoms with Gasteiger partial charge in [-0.3, -0.25) is 9.59 Å². The number of amides is 1. The quantitative estimate of drug-likeness (QED) is 0.424. The van der Waals surface area contributed by atoms with Crippen LogP contribution < -0.4 is 10.6 Å². The van der Waals surface area contributed by atoms with E-state index >= 15 is 0 Å². The zero-order valence-electron chi connectivity index (χ0n) is 14.4. The van der Waals surface area contributed by atoms with Gasteiger partial charge in [0.15, 0.2) is 0 Å². The minimum Gasteiger partial charge on any atom is -0.480 e. The maximum absolute atomic E-state index is 10.6. The van der Waals surface area contributed by atoms with E-state index in [1.165, 1.54) is 6.92 Å². The maximum Gasteiger partial charge on any atom is 0.326 e. The number of likely N-dealkylation sites (N-methyl/N-ethyl adjacent to an activating group) is 1.